The molecule has 2 fully saturated rings. The Kier molecular flexibility index (Phi) is 7.85. The van der Waals surface area contributed by atoms with Crippen molar-refractivity contribution in [1.29, 1.82) is 0 Å². The van der Waals surface area contributed by atoms with E-state index in [1.54, 1.807) is 30.7 Å². The summed E-state index contributed by atoms with van der Waals surface area (Å²) in [5, 5.41) is 0. The number of ether oxygens (including phenoxy) is 1. The Morgan fingerprint density at radius 3 is 2.45 bits per heavy atom. The molecule has 2 aliphatic rings. The summed E-state index contributed by atoms with van der Waals surface area (Å²) in [5.41, 5.74) is 2.65. The fourth-order valence-electron chi connectivity index (χ4n) is 5.68. The second kappa shape index (κ2) is 11.3. The van der Waals surface area contributed by atoms with E-state index in [4.69, 9.17) is 9.97 Å². The number of nitrogens with one attached hydrogen (secondary N) is 1. The number of imidazole rings is 1. The van der Waals surface area contributed by atoms with E-state index in [2.05, 4.69) is 36.3 Å². The van der Waals surface area contributed by atoms with Crippen molar-refractivity contribution in [2.24, 2.45) is 0 Å². The molecule has 38 heavy (non-hydrogen) atoms. The lowest BCUT2D eigenvalue weighted by atomic mass is 9.97. The molecule has 1 aromatic carbocycles. The molecule has 2 aromatic heterocycles. The summed E-state index contributed by atoms with van der Waals surface area (Å²) in [5.74, 6) is 1.49. The number of alkyl halides is 3. The molecule has 0 radical (unpaired) electrons. The highest BCUT2D eigenvalue weighted by atomic mass is 19.4. The van der Waals surface area contributed by atoms with Gasteiger partial charge in [-0.2, -0.15) is 0 Å². The number of aryl methyl sites for hydroxylation is 1. The highest BCUT2D eigenvalue weighted by Gasteiger charge is 2.34. The minimum atomic E-state index is -4.66. The maximum Gasteiger partial charge on any atom is 0.573 e. The van der Waals surface area contributed by atoms with Crippen LogP contribution in [0.2, 0.25) is 0 Å². The standard InChI is InChI=1S/C27H34F3N7O/c1-3-21-18-36(26-19(2)34-24(16-33-26)25-31-10-11-32-25)14-15-37(21)22-8-12-35(13-9-22)17-20-4-6-23(7-5-20)38-27(28,29)30/h4-7,10-11,16,21-22H,3,8-9,12-15,17-18H2,1-2H3,(H,31,32)/t21-/m0/s1. The predicted molar refractivity (Wildman–Crippen MR) is 139 cm³/mol. The van der Waals surface area contributed by atoms with E-state index in [1.165, 1.54) is 12.1 Å². The maximum absolute atomic E-state index is 12.4. The molecule has 204 valence electrons. The van der Waals surface area contributed by atoms with Gasteiger partial charge in [0.1, 0.15) is 17.3 Å². The van der Waals surface area contributed by atoms with Crippen molar-refractivity contribution in [2.45, 2.75) is 58.1 Å². The Morgan fingerprint density at radius 2 is 1.82 bits per heavy atom. The molecule has 0 spiro atoms. The van der Waals surface area contributed by atoms with Crippen molar-refractivity contribution in [1.82, 2.24) is 29.7 Å². The van der Waals surface area contributed by atoms with Crippen LogP contribution in [-0.4, -0.2) is 80.9 Å². The van der Waals surface area contributed by atoms with Crippen LogP contribution in [-0.2, 0) is 6.54 Å². The van der Waals surface area contributed by atoms with Crippen molar-refractivity contribution in [3.8, 4) is 17.3 Å². The minimum absolute atomic E-state index is 0.181. The molecular weight excluding hydrogens is 495 g/mol. The van der Waals surface area contributed by atoms with Gasteiger partial charge in [-0.1, -0.05) is 19.1 Å². The first-order chi connectivity index (χ1) is 18.3. The van der Waals surface area contributed by atoms with Crippen LogP contribution >= 0.6 is 0 Å². The highest BCUT2D eigenvalue weighted by molar-refractivity contribution is 5.53. The molecule has 0 unspecified atom stereocenters. The quantitative estimate of drug-likeness (QED) is 0.478. The lowest BCUT2D eigenvalue weighted by Crippen LogP contribution is -2.58. The first-order valence-corrected chi connectivity index (χ1v) is 13.2. The zero-order valence-electron chi connectivity index (χ0n) is 21.8. The molecule has 0 amide bonds. The van der Waals surface area contributed by atoms with Crippen molar-refractivity contribution < 1.29 is 17.9 Å². The second-order valence-corrected chi connectivity index (χ2v) is 10.0. The highest BCUT2D eigenvalue weighted by Crippen LogP contribution is 2.28. The maximum atomic E-state index is 12.4. The van der Waals surface area contributed by atoms with Crippen LogP contribution in [0, 0.1) is 6.92 Å². The van der Waals surface area contributed by atoms with Crippen LogP contribution in [0.1, 0.15) is 37.4 Å². The molecule has 2 aliphatic heterocycles. The van der Waals surface area contributed by atoms with Gasteiger partial charge in [-0.15, -0.1) is 13.2 Å². The summed E-state index contributed by atoms with van der Waals surface area (Å²) < 4.78 is 41.2. The van der Waals surface area contributed by atoms with Gasteiger partial charge in [0.2, 0.25) is 0 Å². The van der Waals surface area contributed by atoms with Crippen LogP contribution in [0.3, 0.4) is 0 Å². The average molecular weight is 530 g/mol. The normalized spacial score (nSPS) is 20.1. The molecule has 0 bridgehead atoms. The van der Waals surface area contributed by atoms with Crippen LogP contribution in [0.4, 0.5) is 19.0 Å². The van der Waals surface area contributed by atoms with Gasteiger partial charge in [-0.05, 0) is 57.0 Å². The Balaban J connectivity index is 1.14. The summed E-state index contributed by atoms with van der Waals surface area (Å²) in [6.45, 7) is 9.77. The Labute approximate surface area is 220 Å². The average Bonchev–Trinajstić information content (AvgIpc) is 3.44. The molecule has 3 aromatic rings. The van der Waals surface area contributed by atoms with Gasteiger partial charge < -0.3 is 14.6 Å². The number of nitrogens with zero attached hydrogens (tertiary/aromatic N) is 6. The fraction of sp³-hybridized carbons (Fsp3) is 0.519. The van der Waals surface area contributed by atoms with Gasteiger partial charge >= 0.3 is 6.36 Å². The number of aromatic nitrogens is 4. The van der Waals surface area contributed by atoms with Crippen molar-refractivity contribution in [3.05, 3.63) is 54.1 Å². The number of aromatic amines is 1. The Hall–Kier alpha value is -3.18. The molecule has 0 saturated carbocycles. The lowest BCUT2D eigenvalue weighted by Gasteiger charge is -2.47. The van der Waals surface area contributed by atoms with Crippen LogP contribution in [0.15, 0.2) is 42.9 Å². The number of hydrogen-bond donors (Lipinski definition) is 1. The number of rotatable bonds is 7. The van der Waals surface area contributed by atoms with Crippen LogP contribution in [0.25, 0.3) is 11.5 Å². The number of H-pyrrole nitrogens is 1. The molecule has 2 saturated heterocycles. The fourth-order valence-corrected chi connectivity index (χ4v) is 5.68. The zero-order chi connectivity index (χ0) is 26.7. The Morgan fingerprint density at radius 1 is 1.05 bits per heavy atom. The number of benzene rings is 1. The first kappa shape index (κ1) is 26.4. The van der Waals surface area contributed by atoms with Gasteiger partial charge in [0.05, 0.1) is 11.9 Å². The van der Waals surface area contributed by atoms with E-state index < -0.39 is 6.36 Å². The number of halogens is 3. The third-order valence-electron chi connectivity index (χ3n) is 7.55. The van der Waals surface area contributed by atoms with Crippen LogP contribution in [0.5, 0.6) is 5.75 Å². The van der Waals surface area contributed by atoms with Gasteiger partial charge in [0.15, 0.2) is 5.82 Å². The third kappa shape index (κ3) is 6.27. The Bertz CT molecular complexity index is 1180. The largest absolute Gasteiger partial charge is 0.573 e. The summed E-state index contributed by atoms with van der Waals surface area (Å²) in [7, 11) is 0. The number of piperazine rings is 1. The van der Waals surface area contributed by atoms with Crippen LogP contribution < -0.4 is 9.64 Å². The molecule has 4 heterocycles. The SMILES string of the molecule is CC[C@H]1CN(c2ncc(-c3ncc[nH]3)nc2C)CCN1C1CCN(Cc2ccc(OC(F)(F)F)cc2)CC1. The molecule has 11 heteroatoms. The van der Waals surface area contributed by atoms with Crippen molar-refractivity contribution in [2.75, 3.05) is 37.6 Å². The van der Waals surface area contributed by atoms with Gasteiger partial charge in [-0.25, -0.2) is 15.0 Å². The third-order valence-corrected chi connectivity index (χ3v) is 7.55. The number of hydrogen-bond acceptors (Lipinski definition) is 7. The molecule has 8 nitrogen and oxygen atoms in total. The smallest absolute Gasteiger partial charge is 0.406 e. The summed E-state index contributed by atoms with van der Waals surface area (Å²) in [4.78, 5) is 24.3. The molecule has 1 atom stereocenters. The van der Waals surface area contributed by atoms with Crippen molar-refractivity contribution >= 4 is 5.82 Å². The molecular formula is C27H34F3N7O. The second-order valence-electron chi connectivity index (χ2n) is 10.0. The van der Waals surface area contributed by atoms with E-state index in [0.717, 1.165) is 87.1 Å². The monoisotopic (exact) mass is 529 g/mol. The summed E-state index contributed by atoms with van der Waals surface area (Å²) in [6.07, 6.45) is 3.86. The molecule has 0 aliphatic carbocycles. The lowest BCUT2D eigenvalue weighted by molar-refractivity contribution is -0.274. The first-order valence-electron chi connectivity index (χ1n) is 13.2. The van der Waals surface area contributed by atoms with E-state index in [9.17, 15) is 13.2 Å². The molecule has 1 N–H and O–H groups in total. The number of likely N-dealkylation sites (tertiary alicyclic amines) is 1. The van der Waals surface area contributed by atoms with E-state index in [0.29, 0.717) is 12.1 Å². The van der Waals surface area contributed by atoms with E-state index in [-0.39, 0.29) is 5.75 Å². The van der Waals surface area contributed by atoms with Crippen molar-refractivity contribution in [3.63, 3.8) is 0 Å². The van der Waals surface area contributed by atoms with Gasteiger partial charge in [0, 0.05) is 50.7 Å². The summed E-state index contributed by atoms with van der Waals surface area (Å²) in [6, 6.07) is 7.19. The van der Waals surface area contributed by atoms with E-state index >= 15 is 0 Å². The molecule has 5 rings (SSSR count). The zero-order valence-corrected chi connectivity index (χ0v) is 21.8. The predicted octanol–water partition coefficient (Wildman–Crippen LogP) is 4.64. The number of piperidine rings is 1. The van der Waals surface area contributed by atoms with E-state index in [1.807, 2.05) is 6.92 Å². The minimum Gasteiger partial charge on any atom is -0.406 e. The number of anilines is 1. The van der Waals surface area contributed by atoms with Gasteiger partial charge in [-0.3, -0.25) is 9.80 Å². The topological polar surface area (TPSA) is 73.4 Å². The summed E-state index contributed by atoms with van der Waals surface area (Å²) >= 11 is 0. The van der Waals surface area contributed by atoms with Gasteiger partial charge in [0.25, 0.3) is 0 Å².